The Morgan fingerprint density at radius 1 is 0.878 bits per heavy atom. The lowest BCUT2D eigenvalue weighted by molar-refractivity contribution is 0.0738. The van der Waals surface area contributed by atoms with Crippen molar-refractivity contribution in [1.82, 2.24) is 30.2 Å². The molecule has 13 heteroatoms. The molecule has 0 fully saturated rings. The monoisotopic (exact) mass is 714 g/mol. The van der Waals surface area contributed by atoms with Crippen LogP contribution in [0.5, 0.6) is 11.5 Å². The number of halogens is 3. The smallest absolute Gasteiger partial charge is 0.258 e. The predicted octanol–water partition coefficient (Wildman–Crippen LogP) is 5.06. The molecule has 1 N–H and O–H groups in total. The van der Waals surface area contributed by atoms with Gasteiger partial charge in [-0.1, -0.05) is 31.9 Å². The van der Waals surface area contributed by atoms with Crippen LogP contribution in [0.3, 0.4) is 0 Å². The fourth-order valence-corrected chi connectivity index (χ4v) is 3.75. The summed E-state index contributed by atoms with van der Waals surface area (Å²) in [6.07, 6.45) is 5.38. The molecule has 0 aliphatic carbocycles. The average molecular weight is 717 g/mol. The molecule has 0 radical (unpaired) electrons. The maximum atomic E-state index is 13.0. The van der Waals surface area contributed by atoms with Gasteiger partial charge in [-0.2, -0.15) is 0 Å². The third-order valence-electron chi connectivity index (χ3n) is 4.70. The predicted molar refractivity (Wildman–Crippen MR) is 160 cm³/mol. The Bertz CT molecular complexity index is 1980. The first-order valence-corrected chi connectivity index (χ1v) is 13.2. The maximum absolute atomic E-state index is 13.0. The van der Waals surface area contributed by atoms with Crippen molar-refractivity contribution >= 4 is 55.3 Å². The molecule has 212 valence electrons. The van der Waals surface area contributed by atoms with Crippen molar-refractivity contribution in [1.29, 1.82) is 0 Å². The first-order valence-electron chi connectivity index (χ1n) is 17.2. The van der Waals surface area contributed by atoms with E-state index >= 15 is 0 Å². The van der Waals surface area contributed by atoms with Crippen molar-refractivity contribution < 1.29 is 35.5 Å². The van der Waals surface area contributed by atoms with Crippen molar-refractivity contribution in [2.45, 2.75) is 12.3 Å². The number of carbonyl (C=O) groups is 2. The van der Waals surface area contributed by atoms with Gasteiger partial charge in [-0.15, -0.1) is 11.6 Å². The highest BCUT2D eigenvalue weighted by Crippen LogP contribution is 2.27. The van der Waals surface area contributed by atoms with Crippen molar-refractivity contribution in [3.8, 4) is 11.5 Å². The minimum absolute atomic E-state index is 0.00309. The van der Waals surface area contributed by atoms with E-state index in [9.17, 15) is 9.59 Å². The van der Waals surface area contributed by atoms with Gasteiger partial charge < -0.3 is 19.7 Å². The van der Waals surface area contributed by atoms with E-state index in [0.29, 0.717) is 8.95 Å². The summed E-state index contributed by atoms with van der Waals surface area (Å²) in [7, 11) is 0. The summed E-state index contributed by atoms with van der Waals surface area (Å²) >= 11 is 11.6. The van der Waals surface area contributed by atoms with Gasteiger partial charge in [0, 0.05) is 33.7 Å². The fourth-order valence-electron chi connectivity index (χ4n) is 2.94. The van der Waals surface area contributed by atoms with Gasteiger partial charge in [0.25, 0.3) is 11.8 Å². The van der Waals surface area contributed by atoms with E-state index in [4.69, 9.17) is 37.5 Å². The van der Waals surface area contributed by atoms with E-state index in [0.717, 1.165) is 0 Å². The Labute approximate surface area is 275 Å². The average Bonchev–Trinajstić information content (AvgIpc) is 3.16. The van der Waals surface area contributed by atoms with Crippen LogP contribution < -0.4 is 14.8 Å². The normalized spacial score (nSPS) is 23.6. The summed E-state index contributed by atoms with van der Waals surface area (Å²) in [4.78, 5) is 39.7. The molecule has 41 heavy (non-hydrogen) atoms. The number of amides is 2. The van der Waals surface area contributed by atoms with Crippen LogP contribution in [0.4, 0.5) is 0 Å². The molecule has 10 nitrogen and oxygen atoms in total. The number of ether oxygens (including phenoxy) is 2. The first-order chi connectivity index (χ1) is 24.3. The number of alkyl halides is 1. The van der Waals surface area contributed by atoms with Gasteiger partial charge >= 0.3 is 0 Å². The Hall–Kier alpha value is -3.61. The molecule has 2 amide bonds. The van der Waals surface area contributed by atoms with Gasteiger partial charge in [0.05, 0.1) is 52.9 Å². The zero-order valence-corrected chi connectivity index (χ0v) is 24.4. The lowest BCUT2D eigenvalue weighted by Gasteiger charge is -2.18. The number of aromatic nitrogens is 4. The van der Waals surface area contributed by atoms with E-state index in [1.807, 2.05) is 5.32 Å². The van der Waals surface area contributed by atoms with Gasteiger partial charge in [0.1, 0.15) is 36.3 Å². The van der Waals surface area contributed by atoms with Crippen LogP contribution in [0.15, 0.2) is 82.3 Å². The van der Waals surface area contributed by atoms with Gasteiger partial charge in [-0.05, 0) is 48.5 Å². The zero-order valence-electron chi connectivity index (χ0n) is 32.4. The molecule has 4 aromatic rings. The molecular weight excluding hydrogens is 680 g/mol. The summed E-state index contributed by atoms with van der Waals surface area (Å²) in [5, 5.41) is 1.97. The molecule has 0 spiro atoms. The highest BCUT2D eigenvalue weighted by atomic mass is 79.9. The van der Waals surface area contributed by atoms with E-state index in [2.05, 4.69) is 51.8 Å². The number of fused-ring (bicyclic) bond motifs is 2. The third kappa shape index (κ3) is 8.94. The molecular formula is C28H25Br2ClN6O4. The molecule has 0 saturated heterocycles. The van der Waals surface area contributed by atoms with Crippen LogP contribution in [0.1, 0.15) is 48.8 Å². The van der Waals surface area contributed by atoms with Crippen LogP contribution in [0.2, 0.25) is 0 Å². The number of hydrogen-bond donors (Lipinski definition) is 1. The van der Waals surface area contributed by atoms with E-state index < -0.39 is 56.1 Å². The van der Waals surface area contributed by atoms with E-state index in [-0.39, 0.29) is 33.4 Å². The molecule has 0 saturated carbocycles. The lowest BCUT2D eigenvalue weighted by atomic mass is 10.2. The second-order valence-corrected chi connectivity index (χ2v) is 9.39. The Morgan fingerprint density at radius 3 is 2.05 bits per heavy atom. The second kappa shape index (κ2) is 15.4. The molecule has 2 aliphatic rings. The molecule has 0 bridgehead atoms. The topological polar surface area (TPSA) is 119 Å². The number of benzene rings is 2. The number of carbonyl (C=O) groups excluding carboxylic acids is 2. The molecule has 0 atom stereocenters. The zero-order chi connectivity index (χ0) is 39.8. The summed E-state index contributed by atoms with van der Waals surface area (Å²) < 4.78 is 104. The maximum Gasteiger partial charge on any atom is 0.258 e. The molecule has 2 aliphatic heterocycles. The molecule has 0 unspecified atom stereocenters. The fraction of sp³-hybridized carbons (Fsp3) is 0.214. The Morgan fingerprint density at radius 2 is 1.44 bits per heavy atom. The SMILES string of the molecule is [2H]C([2H])(Cl)c1ncccn1.[2H]C([2H])(c1ncccn1)N1C(=O)c2cc(Br)ccc2OC([2H])([2H])C1([2H])[2H].[2H]C1([2H])NC(=O)c2cc(Br)ccc2OC1([2H])[2H]. The van der Waals surface area contributed by atoms with Crippen molar-refractivity contribution in [3.63, 3.8) is 0 Å². The number of nitrogens with one attached hydrogen (secondary N) is 1. The summed E-state index contributed by atoms with van der Waals surface area (Å²) in [5.41, 5.74) is -0.103. The standard InChI is InChI=1S/C14H12BrN3O2.C9H8BrNO2.C5H5ClN2/c15-10-2-3-12-11(8-10)14(19)18(6-7-20-12)9-13-16-4-1-5-17-13;10-6-1-2-8-7(5-6)9(12)11-3-4-13-8;6-4-5-7-2-1-3-8-5/h1-5,8H,6-7,9H2;1-2,5H,3-4H2,(H,11,12);1-3H,4H2/i6D2,7D2,9D2;3D2,4D2;4D2. The Kier molecular flexibility index (Phi) is 6.78. The number of nitrogens with zero attached hydrogens (tertiary/aromatic N) is 5. The molecule has 2 aromatic carbocycles. The van der Waals surface area contributed by atoms with Crippen LogP contribution >= 0.6 is 43.5 Å². The van der Waals surface area contributed by atoms with Crippen LogP contribution in [0.25, 0.3) is 0 Å². The lowest BCUT2D eigenvalue weighted by Crippen LogP contribution is -2.32. The van der Waals surface area contributed by atoms with Crippen molar-refractivity contribution in [2.75, 3.05) is 26.1 Å². The first kappa shape index (κ1) is 18.0. The summed E-state index contributed by atoms with van der Waals surface area (Å²) in [6.45, 7) is -14.3. The second-order valence-electron chi connectivity index (χ2n) is 7.37. The van der Waals surface area contributed by atoms with E-state index in [1.165, 1.54) is 61.2 Å². The van der Waals surface area contributed by atoms with Gasteiger partial charge in [-0.3, -0.25) is 9.59 Å². The molecule has 2 aromatic heterocycles. The third-order valence-corrected chi connectivity index (χ3v) is 5.85. The largest absolute Gasteiger partial charge is 0.491 e. The minimum atomic E-state index is -3.17. The van der Waals surface area contributed by atoms with Gasteiger partial charge in [0.15, 0.2) is 0 Å². The highest BCUT2D eigenvalue weighted by Gasteiger charge is 2.24. The molecule has 6 rings (SSSR count). The van der Waals surface area contributed by atoms with Crippen LogP contribution in [-0.4, -0.2) is 62.8 Å². The Balaban J connectivity index is 0.000000198. The summed E-state index contributed by atoms with van der Waals surface area (Å²) in [6, 6.07) is 11.6. The minimum Gasteiger partial charge on any atom is -0.491 e. The van der Waals surface area contributed by atoms with Crippen molar-refractivity contribution in [2.24, 2.45) is 0 Å². The summed E-state index contributed by atoms with van der Waals surface area (Å²) in [5.74, 6) is -4.43. The van der Waals surface area contributed by atoms with Gasteiger partial charge in [0.2, 0.25) is 0 Å². The quantitative estimate of drug-likeness (QED) is 0.293. The van der Waals surface area contributed by atoms with Crippen LogP contribution in [-0.2, 0) is 12.3 Å². The highest BCUT2D eigenvalue weighted by molar-refractivity contribution is 9.10. The van der Waals surface area contributed by atoms with Gasteiger partial charge in [-0.25, -0.2) is 19.9 Å². The number of rotatable bonds is 3. The van der Waals surface area contributed by atoms with Crippen LogP contribution in [0, 0.1) is 0 Å². The molecule has 4 heterocycles. The van der Waals surface area contributed by atoms with E-state index in [1.54, 1.807) is 12.1 Å². The van der Waals surface area contributed by atoms with Crippen molar-refractivity contribution in [3.05, 3.63) is 105 Å². The number of hydrogen-bond acceptors (Lipinski definition) is 8.